The highest BCUT2D eigenvalue weighted by atomic mass is 16.6. The molecule has 38 heavy (non-hydrogen) atoms. The van der Waals surface area contributed by atoms with Crippen molar-refractivity contribution in [2.75, 3.05) is 13.2 Å². The molecule has 1 aromatic carbocycles. The van der Waals surface area contributed by atoms with Crippen molar-refractivity contribution in [3.8, 4) is 0 Å². The highest BCUT2D eigenvalue weighted by Crippen LogP contribution is 2.47. The van der Waals surface area contributed by atoms with E-state index in [1.54, 1.807) is 10.6 Å². The van der Waals surface area contributed by atoms with Gasteiger partial charge in [0.15, 0.2) is 5.69 Å². The van der Waals surface area contributed by atoms with Crippen LogP contribution in [0.25, 0.3) is 11.0 Å². The number of hydrogen-bond donors (Lipinski definition) is 2. The molecule has 4 aliphatic rings. The van der Waals surface area contributed by atoms with Gasteiger partial charge in [0.05, 0.1) is 17.6 Å². The van der Waals surface area contributed by atoms with Crippen molar-refractivity contribution in [2.24, 2.45) is 17.0 Å². The predicted molar refractivity (Wildman–Crippen MR) is 143 cm³/mol. The molecule has 4 bridgehead atoms. The topological polar surface area (TPSA) is 117 Å². The van der Waals surface area contributed by atoms with E-state index >= 15 is 0 Å². The summed E-state index contributed by atoms with van der Waals surface area (Å²) >= 11 is 0. The molecule has 6 rings (SSSR count). The molecule has 0 spiro atoms. The van der Waals surface area contributed by atoms with Gasteiger partial charge in [0, 0.05) is 24.2 Å². The van der Waals surface area contributed by atoms with Crippen molar-refractivity contribution in [3.05, 3.63) is 40.3 Å². The molecule has 0 radical (unpaired) electrons. The smallest absolute Gasteiger partial charge is 0.360 e. The first-order valence-electron chi connectivity index (χ1n) is 14.4. The lowest BCUT2D eigenvalue weighted by atomic mass is 9.68. The fraction of sp³-hybridized carbons (Fsp3) is 0.655. The number of hydrogen-bond acceptors (Lipinski definition) is 7. The van der Waals surface area contributed by atoms with E-state index in [0.29, 0.717) is 23.6 Å². The Bertz CT molecular complexity index is 1250. The lowest BCUT2D eigenvalue weighted by Gasteiger charge is -2.55. The van der Waals surface area contributed by atoms with Gasteiger partial charge in [0.25, 0.3) is 5.56 Å². The number of benzene rings is 1. The normalized spacial score (nSPS) is 31.8. The molecule has 204 valence electrons. The highest BCUT2D eigenvalue weighted by molar-refractivity contribution is 6.41. The minimum absolute atomic E-state index is 0.0304. The standard InChI is InChI=1S/C29H38N4O5/c34-11-12-38-31-27(29(36)37)26-28(35)33(25-10-2-1-9-24(25)30-26)23-16-20-7-4-8-21(17-23)32(20)22-14-18-5-3-6-19(13-18)15-22/h1-2,9-10,18-23,34H,3-8,11-17H2,(H,36,37)/b31-27-/t18?,19?,20-,21+,22?,23+. The lowest BCUT2D eigenvalue weighted by molar-refractivity contribution is -0.129. The van der Waals surface area contributed by atoms with E-state index < -0.39 is 17.2 Å². The maximum absolute atomic E-state index is 13.9. The molecule has 2 aliphatic carbocycles. The molecule has 2 unspecified atom stereocenters. The summed E-state index contributed by atoms with van der Waals surface area (Å²) in [6.45, 7) is -0.473. The molecule has 5 atom stereocenters. The number of rotatable bonds is 7. The van der Waals surface area contributed by atoms with Gasteiger partial charge in [-0.05, 0) is 68.9 Å². The number of oxime groups is 1. The molecule has 9 heteroatoms. The Morgan fingerprint density at radius 2 is 1.63 bits per heavy atom. The third-order valence-electron chi connectivity index (χ3n) is 9.46. The maximum atomic E-state index is 13.9. The number of nitrogens with zero attached hydrogens (tertiary/aromatic N) is 4. The number of piperidine rings is 2. The van der Waals surface area contributed by atoms with Crippen molar-refractivity contribution < 1.29 is 19.8 Å². The average molecular weight is 523 g/mol. The number of carboxylic acids is 1. The zero-order chi connectivity index (χ0) is 26.2. The van der Waals surface area contributed by atoms with Crippen molar-refractivity contribution in [1.82, 2.24) is 14.5 Å². The minimum atomic E-state index is -1.39. The van der Waals surface area contributed by atoms with Crippen molar-refractivity contribution in [3.63, 3.8) is 0 Å². The maximum Gasteiger partial charge on any atom is 0.360 e. The van der Waals surface area contributed by atoms with E-state index in [9.17, 15) is 14.7 Å². The van der Waals surface area contributed by atoms with Crippen LogP contribution in [0, 0.1) is 11.8 Å². The van der Waals surface area contributed by atoms with Crippen LogP contribution in [0.15, 0.2) is 34.2 Å². The van der Waals surface area contributed by atoms with E-state index in [2.05, 4.69) is 15.0 Å². The molecular weight excluding hydrogens is 484 g/mol. The van der Waals surface area contributed by atoms with E-state index in [1.165, 1.54) is 44.9 Å². The number of fused-ring (bicyclic) bond motifs is 5. The molecule has 3 heterocycles. The van der Waals surface area contributed by atoms with Crippen LogP contribution < -0.4 is 5.56 Å². The van der Waals surface area contributed by atoms with Gasteiger partial charge in [0.1, 0.15) is 6.61 Å². The van der Waals surface area contributed by atoms with E-state index in [-0.39, 0.29) is 24.9 Å². The summed E-state index contributed by atoms with van der Waals surface area (Å²) < 4.78 is 1.79. The number of aliphatic hydroxyl groups is 1. The van der Waals surface area contributed by atoms with Crippen LogP contribution in [0.2, 0.25) is 0 Å². The quantitative estimate of drug-likeness (QED) is 0.323. The third kappa shape index (κ3) is 4.75. The van der Waals surface area contributed by atoms with Crippen LogP contribution >= 0.6 is 0 Å². The number of aliphatic hydroxyl groups excluding tert-OH is 1. The van der Waals surface area contributed by atoms with Crippen LogP contribution in [0.4, 0.5) is 0 Å². The van der Waals surface area contributed by atoms with Crippen LogP contribution in [-0.2, 0) is 9.63 Å². The number of aliphatic carboxylic acids is 1. The van der Waals surface area contributed by atoms with Crippen molar-refractivity contribution in [2.45, 2.75) is 94.8 Å². The minimum Gasteiger partial charge on any atom is -0.476 e. The summed E-state index contributed by atoms with van der Waals surface area (Å²) in [4.78, 5) is 38.2. The Labute approximate surface area is 222 Å². The second-order valence-electron chi connectivity index (χ2n) is 11.8. The Morgan fingerprint density at radius 1 is 0.947 bits per heavy atom. The number of para-hydroxylation sites is 2. The van der Waals surface area contributed by atoms with Gasteiger partial charge in [-0.1, -0.05) is 43.0 Å². The number of aromatic nitrogens is 2. The fourth-order valence-electron chi connectivity index (χ4n) is 8.14. The van der Waals surface area contributed by atoms with Crippen molar-refractivity contribution >= 4 is 22.7 Å². The van der Waals surface area contributed by atoms with Crippen LogP contribution in [0.1, 0.15) is 82.4 Å². The molecule has 9 nitrogen and oxygen atoms in total. The van der Waals surface area contributed by atoms with Gasteiger partial charge in [0.2, 0.25) is 5.71 Å². The monoisotopic (exact) mass is 522 g/mol. The van der Waals surface area contributed by atoms with Gasteiger partial charge in [-0.15, -0.1) is 0 Å². The third-order valence-corrected chi connectivity index (χ3v) is 9.46. The Morgan fingerprint density at radius 3 is 2.32 bits per heavy atom. The first-order chi connectivity index (χ1) is 18.5. The summed E-state index contributed by atoms with van der Waals surface area (Å²) in [6, 6.07) is 8.96. The largest absolute Gasteiger partial charge is 0.476 e. The second-order valence-corrected chi connectivity index (χ2v) is 11.8. The number of carboxylic acid groups (broad SMARTS) is 1. The van der Waals surface area contributed by atoms with Gasteiger partial charge in [-0.3, -0.25) is 9.69 Å². The van der Waals surface area contributed by atoms with E-state index in [0.717, 1.165) is 43.0 Å². The fourth-order valence-corrected chi connectivity index (χ4v) is 8.14. The van der Waals surface area contributed by atoms with Crippen LogP contribution in [0.5, 0.6) is 0 Å². The summed E-state index contributed by atoms with van der Waals surface area (Å²) in [7, 11) is 0. The molecular formula is C29H38N4O5. The Kier molecular flexibility index (Phi) is 7.22. The van der Waals surface area contributed by atoms with Crippen LogP contribution in [-0.4, -0.2) is 67.7 Å². The Balaban J connectivity index is 1.36. The molecule has 2 saturated carbocycles. The summed E-state index contributed by atoms with van der Waals surface area (Å²) in [5, 5.41) is 22.5. The summed E-state index contributed by atoms with van der Waals surface area (Å²) in [5.74, 6) is 0.369. The molecule has 0 amide bonds. The zero-order valence-electron chi connectivity index (χ0n) is 21.9. The predicted octanol–water partition coefficient (Wildman–Crippen LogP) is 3.72. The molecule has 1 aromatic heterocycles. The number of carbonyl (C=O) groups is 1. The molecule has 2 saturated heterocycles. The molecule has 4 fully saturated rings. The first kappa shape index (κ1) is 25.5. The Hall–Kier alpha value is -2.78. The van der Waals surface area contributed by atoms with E-state index in [1.807, 2.05) is 18.2 Å². The SMILES string of the molecule is O=C(O)/C(=N\OCCO)c1nc2ccccc2n([C@H]2C[C@H]3CCC[C@@H](C2)N3C2CC3CCCC(C3)C2)c1=O. The average Bonchev–Trinajstić information content (AvgIpc) is 2.90. The molecule has 2 aromatic rings. The van der Waals surface area contributed by atoms with E-state index in [4.69, 9.17) is 9.94 Å². The summed E-state index contributed by atoms with van der Waals surface area (Å²) in [5.41, 5.74) is 0.0919. The van der Waals surface area contributed by atoms with Crippen molar-refractivity contribution in [1.29, 1.82) is 0 Å². The van der Waals surface area contributed by atoms with Gasteiger partial charge >= 0.3 is 5.97 Å². The summed E-state index contributed by atoms with van der Waals surface area (Å²) in [6.07, 6.45) is 13.5. The molecule has 2 aliphatic heterocycles. The first-order valence-corrected chi connectivity index (χ1v) is 14.4. The lowest BCUT2D eigenvalue weighted by Crippen LogP contribution is -2.58. The van der Waals surface area contributed by atoms with Gasteiger partial charge in [-0.2, -0.15) is 0 Å². The van der Waals surface area contributed by atoms with Gasteiger partial charge in [-0.25, -0.2) is 9.78 Å². The zero-order valence-corrected chi connectivity index (χ0v) is 21.9. The highest BCUT2D eigenvalue weighted by Gasteiger charge is 2.45. The second kappa shape index (κ2) is 10.8. The molecule has 2 N–H and O–H groups in total. The van der Waals surface area contributed by atoms with Crippen LogP contribution in [0.3, 0.4) is 0 Å². The van der Waals surface area contributed by atoms with Gasteiger partial charge < -0.3 is 19.6 Å².